The van der Waals surface area contributed by atoms with Gasteiger partial charge in [0.15, 0.2) is 5.78 Å². The Morgan fingerprint density at radius 2 is 1.77 bits per heavy atom. The number of hydrogen-bond acceptors (Lipinski definition) is 5. The van der Waals surface area contributed by atoms with Crippen LogP contribution in [0.15, 0.2) is 11.6 Å². The molecule has 0 saturated heterocycles. The van der Waals surface area contributed by atoms with Crippen LogP contribution < -0.4 is 5.32 Å². The predicted molar refractivity (Wildman–Crippen MR) is 83.5 cm³/mol. The minimum absolute atomic E-state index is 0.205. The molecule has 22 heavy (non-hydrogen) atoms. The zero-order valence-electron chi connectivity index (χ0n) is 14.3. The average molecular weight is 313 g/mol. The lowest BCUT2D eigenvalue weighted by Gasteiger charge is -2.22. The average Bonchev–Trinajstić information content (AvgIpc) is 2.34. The van der Waals surface area contributed by atoms with E-state index in [2.05, 4.69) is 10.1 Å². The Bertz CT molecular complexity index is 430. The lowest BCUT2D eigenvalue weighted by Crippen LogP contribution is -2.44. The quantitative estimate of drug-likeness (QED) is 0.577. The summed E-state index contributed by atoms with van der Waals surface area (Å²) in [5.41, 5.74) is 0.433. The van der Waals surface area contributed by atoms with Gasteiger partial charge in [0.25, 0.3) is 0 Å². The van der Waals surface area contributed by atoms with E-state index >= 15 is 0 Å². The van der Waals surface area contributed by atoms with Crippen LogP contribution in [0.1, 0.15) is 53.9 Å². The number of ether oxygens (including phenoxy) is 2. The summed E-state index contributed by atoms with van der Waals surface area (Å²) in [5, 5.41) is 2.44. The highest BCUT2D eigenvalue weighted by atomic mass is 16.6. The number of alkyl carbamates (subject to hydrolysis) is 1. The molecule has 0 aliphatic heterocycles. The molecule has 1 N–H and O–H groups in total. The van der Waals surface area contributed by atoms with Gasteiger partial charge < -0.3 is 14.8 Å². The molecule has 6 nitrogen and oxygen atoms in total. The second-order valence-corrected chi connectivity index (χ2v) is 6.27. The topological polar surface area (TPSA) is 81.7 Å². The first-order valence-corrected chi connectivity index (χ1v) is 7.27. The van der Waals surface area contributed by atoms with Gasteiger partial charge in [-0.25, -0.2) is 4.79 Å². The molecule has 0 rings (SSSR count). The van der Waals surface area contributed by atoms with Crippen LogP contribution in [0.4, 0.5) is 4.79 Å². The second-order valence-electron chi connectivity index (χ2n) is 6.27. The Kier molecular flexibility index (Phi) is 8.45. The molecule has 0 bridgehead atoms. The van der Waals surface area contributed by atoms with E-state index in [1.807, 2.05) is 19.9 Å². The van der Waals surface area contributed by atoms with E-state index in [9.17, 15) is 14.4 Å². The smallest absolute Gasteiger partial charge is 0.408 e. The molecule has 0 fully saturated rings. The van der Waals surface area contributed by atoms with E-state index in [1.54, 1.807) is 20.8 Å². The zero-order valence-corrected chi connectivity index (χ0v) is 14.3. The number of nitrogens with one attached hydrogen (secondary N) is 1. The molecule has 0 aliphatic rings. The maximum atomic E-state index is 12.2. The van der Waals surface area contributed by atoms with Gasteiger partial charge >= 0.3 is 12.1 Å². The molecule has 126 valence electrons. The van der Waals surface area contributed by atoms with Crippen LogP contribution in [0, 0.1) is 0 Å². The summed E-state index contributed by atoms with van der Waals surface area (Å²) < 4.78 is 9.67. The predicted octanol–water partition coefficient (Wildman–Crippen LogP) is 2.76. The SMILES string of the molecule is COC(=O)C[C@H](NC(=O)OC(C)(C)C)C(=O)CCC=C(C)C. The minimum atomic E-state index is -0.937. The molecular weight excluding hydrogens is 286 g/mol. The number of allylic oxidation sites excluding steroid dienone is 2. The molecule has 0 saturated carbocycles. The van der Waals surface area contributed by atoms with Gasteiger partial charge in [-0.3, -0.25) is 9.59 Å². The Morgan fingerprint density at radius 1 is 1.18 bits per heavy atom. The number of hydrogen-bond donors (Lipinski definition) is 1. The summed E-state index contributed by atoms with van der Waals surface area (Å²) in [6, 6.07) is -0.937. The van der Waals surface area contributed by atoms with Crippen LogP contribution in [0.5, 0.6) is 0 Å². The van der Waals surface area contributed by atoms with Crippen molar-refractivity contribution in [3.63, 3.8) is 0 Å². The molecule has 1 amide bonds. The van der Waals surface area contributed by atoms with Crippen LogP contribution in [0.3, 0.4) is 0 Å². The number of amides is 1. The fraction of sp³-hybridized carbons (Fsp3) is 0.688. The Morgan fingerprint density at radius 3 is 2.23 bits per heavy atom. The van der Waals surface area contributed by atoms with Gasteiger partial charge in [-0.15, -0.1) is 0 Å². The third-order valence-corrected chi connectivity index (χ3v) is 2.62. The van der Waals surface area contributed by atoms with Crippen molar-refractivity contribution in [2.24, 2.45) is 0 Å². The van der Waals surface area contributed by atoms with Crippen LogP contribution in [0.2, 0.25) is 0 Å². The molecule has 0 heterocycles. The summed E-state index contributed by atoms with van der Waals surface area (Å²) in [6.07, 6.45) is 1.80. The Balaban J connectivity index is 4.74. The van der Waals surface area contributed by atoms with Crippen molar-refractivity contribution in [3.8, 4) is 0 Å². The maximum absolute atomic E-state index is 12.2. The summed E-state index contributed by atoms with van der Waals surface area (Å²) >= 11 is 0. The third kappa shape index (κ3) is 9.96. The molecule has 6 heteroatoms. The van der Waals surface area contributed by atoms with E-state index < -0.39 is 23.7 Å². The molecule has 0 aliphatic carbocycles. The zero-order chi connectivity index (χ0) is 17.3. The number of methoxy groups -OCH3 is 1. The van der Waals surface area contributed by atoms with Gasteiger partial charge in [0.2, 0.25) is 0 Å². The third-order valence-electron chi connectivity index (χ3n) is 2.62. The number of carbonyl (C=O) groups excluding carboxylic acids is 3. The van der Waals surface area contributed by atoms with Crippen molar-refractivity contribution >= 4 is 17.8 Å². The van der Waals surface area contributed by atoms with Gasteiger partial charge in [-0.2, -0.15) is 0 Å². The normalized spacial score (nSPS) is 12.1. The first kappa shape index (κ1) is 20.1. The van der Waals surface area contributed by atoms with E-state index in [1.165, 1.54) is 7.11 Å². The van der Waals surface area contributed by atoms with Gasteiger partial charge in [-0.1, -0.05) is 11.6 Å². The van der Waals surface area contributed by atoms with Crippen molar-refractivity contribution in [3.05, 3.63) is 11.6 Å². The van der Waals surface area contributed by atoms with E-state index in [0.29, 0.717) is 6.42 Å². The molecule has 0 radical (unpaired) electrons. The highest BCUT2D eigenvalue weighted by Crippen LogP contribution is 2.09. The lowest BCUT2D eigenvalue weighted by molar-refractivity contribution is -0.142. The molecule has 1 atom stereocenters. The van der Waals surface area contributed by atoms with Crippen LogP contribution in [-0.2, 0) is 19.1 Å². The molecule has 0 unspecified atom stereocenters. The number of esters is 1. The van der Waals surface area contributed by atoms with Gasteiger partial charge in [-0.05, 0) is 41.0 Å². The monoisotopic (exact) mass is 313 g/mol. The maximum Gasteiger partial charge on any atom is 0.408 e. The van der Waals surface area contributed by atoms with Crippen molar-refractivity contribution in [1.82, 2.24) is 5.32 Å². The number of ketones is 1. The molecule has 0 aromatic carbocycles. The first-order chi connectivity index (χ1) is 10.0. The first-order valence-electron chi connectivity index (χ1n) is 7.27. The van der Waals surface area contributed by atoms with Crippen LogP contribution in [0.25, 0.3) is 0 Å². The summed E-state index contributed by atoms with van der Waals surface area (Å²) in [4.78, 5) is 35.3. The van der Waals surface area contributed by atoms with Crippen LogP contribution in [-0.4, -0.2) is 36.6 Å². The van der Waals surface area contributed by atoms with E-state index in [-0.39, 0.29) is 18.6 Å². The minimum Gasteiger partial charge on any atom is -0.469 e. The molecule has 0 spiro atoms. The van der Waals surface area contributed by atoms with Gasteiger partial charge in [0.05, 0.1) is 13.5 Å². The standard InChI is InChI=1S/C16H27NO5/c1-11(2)8-7-9-13(18)12(10-14(19)21-6)17-15(20)22-16(3,4)5/h8,12H,7,9-10H2,1-6H3,(H,17,20)/t12-/m0/s1. The number of rotatable bonds is 7. The van der Waals surface area contributed by atoms with Crippen LogP contribution >= 0.6 is 0 Å². The van der Waals surface area contributed by atoms with E-state index in [0.717, 1.165) is 5.57 Å². The van der Waals surface area contributed by atoms with Crippen molar-refractivity contribution < 1.29 is 23.9 Å². The molecular formula is C16H27NO5. The second kappa shape index (κ2) is 9.23. The Hall–Kier alpha value is -1.85. The fourth-order valence-electron chi connectivity index (χ4n) is 1.62. The van der Waals surface area contributed by atoms with Gasteiger partial charge in [0.1, 0.15) is 11.6 Å². The molecule has 0 aromatic rings. The number of Topliss-reactive ketones (excluding diaryl/α,β-unsaturated/α-hetero) is 1. The van der Waals surface area contributed by atoms with Crippen molar-refractivity contribution in [2.75, 3.05) is 7.11 Å². The molecule has 0 aromatic heterocycles. The lowest BCUT2D eigenvalue weighted by atomic mass is 10.0. The summed E-state index contributed by atoms with van der Waals surface area (Å²) in [5.74, 6) is -0.787. The summed E-state index contributed by atoms with van der Waals surface area (Å²) in [6.45, 7) is 9.04. The Labute approximate surface area is 132 Å². The fourth-order valence-corrected chi connectivity index (χ4v) is 1.62. The van der Waals surface area contributed by atoms with E-state index in [4.69, 9.17) is 4.74 Å². The van der Waals surface area contributed by atoms with Crippen molar-refractivity contribution in [2.45, 2.75) is 65.5 Å². The van der Waals surface area contributed by atoms with Gasteiger partial charge in [0, 0.05) is 6.42 Å². The largest absolute Gasteiger partial charge is 0.469 e. The number of carbonyl (C=O) groups is 3. The highest BCUT2D eigenvalue weighted by Gasteiger charge is 2.26. The summed E-state index contributed by atoms with van der Waals surface area (Å²) in [7, 11) is 1.24. The van der Waals surface area contributed by atoms with Crippen molar-refractivity contribution in [1.29, 1.82) is 0 Å². The highest BCUT2D eigenvalue weighted by molar-refractivity contribution is 5.91.